The van der Waals surface area contributed by atoms with Crippen LogP contribution in [0.2, 0.25) is 0 Å². The summed E-state index contributed by atoms with van der Waals surface area (Å²) in [7, 11) is 5.95. The van der Waals surface area contributed by atoms with Crippen molar-refractivity contribution in [3.63, 3.8) is 0 Å². The van der Waals surface area contributed by atoms with Gasteiger partial charge in [0.1, 0.15) is 5.01 Å². The van der Waals surface area contributed by atoms with Crippen LogP contribution in [0.15, 0.2) is 35.5 Å². The summed E-state index contributed by atoms with van der Waals surface area (Å²) in [5.41, 5.74) is 2.62. The van der Waals surface area contributed by atoms with Crippen molar-refractivity contribution in [1.82, 2.24) is 20.5 Å². The molecular weight excluding hydrogens is 433 g/mol. The van der Waals surface area contributed by atoms with Crippen LogP contribution in [-0.4, -0.2) is 37.0 Å². The molecule has 2 aromatic rings. The Balaban J connectivity index is 0.00000288. The van der Waals surface area contributed by atoms with Gasteiger partial charge in [0.05, 0.1) is 6.54 Å². The zero-order chi connectivity index (χ0) is 16.7. The van der Waals surface area contributed by atoms with Crippen LogP contribution in [0.25, 0.3) is 0 Å². The van der Waals surface area contributed by atoms with Crippen molar-refractivity contribution in [3.05, 3.63) is 51.5 Å². The molecule has 1 aromatic carbocycles. The Morgan fingerprint density at radius 3 is 2.42 bits per heavy atom. The summed E-state index contributed by atoms with van der Waals surface area (Å²) in [6.45, 7) is 4.44. The Morgan fingerprint density at radius 1 is 1.17 bits per heavy atom. The van der Waals surface area contributed by atoms with Crippen LogP contribution >= 0.6 is 35.3 Å². The Labute approximate surface area is 165 Å². The van der Waals surface area contributed by atoms with Gasteiger partial charge in [-0.25, -0.2) is 4.98 Å². The first-order valence-corrected chi connectivity index (χ1v) is 8.47. The largest absolute Gasteiger partial charge is 0.352 e. The van der Waals surface area contributed by atoms with E-state index in [9.17, 15) is 0 Å². The lowest BCUT2D eigenvalue weighted by Crippen LogP contribution is -2.36. The molecule has 5 nitrogen and oxygen atoms in total. The van der Waals surface area contributed by atoms with E-state index in [2.05, 4.69) is 70.8 Å². The normalized spacial score (nSPS) is 11.3. The molecule has 0 spiro atoms. The molecule has 1 heterocycles. The number of guanidine groups is 1. The van der Waals surface area contributed by atoms with Gasteiger partial charge in [0.25, 0.3) is 0 Å². The molecule has 7 heteroatoms. The Morgan fingerprint density at radius 2 is 1.83 bits per heavy atom. The number of benzene rings is 1. The molecule has 0 radical (unpaired) electrons. The number of nitrogens with one attached hydrogen (secondary N) is 2. The number of thiazole rings is 1. The standard InChI is InChI=1S/C17H25N5S.HI/c1-13-9-19-16(23-13)11-21-17(18-2)20-10-14-7-5-6-8-15(14)12-22(3)4;/h5-9H,10-12H2,1-4H3,(H2,18,20,21);1H. The second-order valence-corrected chi connectivity index (χ2v) is 6.97. The zero-order valence-electron chi connectivity index (χ0n) is 14.7. The van der Waals surface area contributed by atoms with Gasteiger partial charge in [0, 0.05) is 31.2 Å². The Bertz CT molecular complexity index is 654. The lowest BCUT2D eigenvalue weighted by molar-refractivity contribution is 0.400. The first kappa shape index (κ1) is 20.9. The third-order valence-corrected chi connectivity index (χ3v) is 4.26. The molecule has 0 fully saturated rings. The average molecular weight is 459 g/mol. The maximum Gasteiger partial charge on any atom is 0.191 e. The molecule has 2 rings (SSSR count). The number of aryl methyl sites for hydroxylation is 1. The van der Waals surface area contributed by atoms with Gasteiger partial charge >= 0.3 is 0 Å². The molecule has 24 heavy (non-hydrogen) atoms. The molecule has 0 amide bonds. The Kier molecular flexibility index (Phi) is 9.24. The van der Waals surface area contributed by atoms with Gasteiger partial charge in [-0.2, -0.15) is 0 Å². The van der Waals surface area contributed by atoms with Crippen molar-refractivity contribution in [2.24, 2.45) is 4.99 Å². The van der Waals surface area contributed by atoms with Crippen molar-refractivity contribution >= 4 is 41.3 Å². The van der Waals surface area contributed by atoms with Crippen molar-refractivity contribution < 1.29 is 0 Å². The molecular formula is C17H26IN5S. The maximum atomic E-state index is 4.35. The van der Waals surface area contributed by atoms with Crippen LogP contribution in [0, 0.1) is 6.92 Å². The third kappa shape index (κ3) is 6.74. The summed E-state index contributed by atoms with van der Waals surface area (Å²) < 4.78 is 0. The zero-order valence-corrected chi connectivity index (χ0v) is 17.8. The van der Waals surface area contributed by atoms with Crippen molar-refractivity contribution in [1.29, 1.82) is 0 Å². The molecule has 0 bridgehead atoms. The van der Waals surface area contributed by atoms with Gasteiger partial charge in [-0.05, 0) is 32.1 Å². The van der Waals surface area contributed by atoms with Gasteiger partial charge in [0.2, 0.25) is 0 Å². The molecule has 0 unspecified atom stereocenters. The van der Waals surface area contributed by atoms with Crippen molar-refractivity contribution in [2.75, 3.05) is 21.1 Å². The SMILES string of the molecule is CN=C(NCc1ncc(C)s1)NCc1ccccc1CN(C)C.I. The Hall–Kier alpha value is -1.19. The molecule has 2 N–H and O–H groups in total. The fourth-order valence-corrected chi connectivity index (χ4v) is 2.99. The monoisotopic (exact) mass is 459 g/mol. The smallest absolute Gasteiger partial charge is 0.191 e. The van der Waals surface area contributed by atoms with E-state index in [1.165, 1.54) is 16.0 Å². The molecule has 1 aromatic heterocycles. The van der Waals surface area contributed by atoms with E-state index in [4.69, 9.17) is 0 Å². The highest BCUT2D eigenvalue weighted by Gasteiger charge is 2.05. The minimum Gasteiger partial charge on any atom is -0.352 e. The highest BCUT2D eigenvalue weighted by molar-refractivity contribution is 14.0. The van der Waals surface area contributed by atoms with Gasteiger partial charge < -0.3 is 15.5 Å². The van der Waals surface area contributed by atoms with E-state index in [1.807, 2.05) is 6.20 Å². The molecule has 0 aliphatic rings. The van der Waals surface area contributed by atoms with Crippen molar-refractivity contribution in [3.8, 4) is 0 Å². The summed E-state index contributed by atoms with van der Waals surface area (Å²) in [5, 5.41) is 7.75. The second-order valence-electron chi connectivity index (χ2n) is 5.65. The van der Waals surface area contributed by atoms with Crippen LogP contribution in [0.4, 0.5) is 0 Å². The molecule has 0 aliphatic carbocycles. The lowest BCUT2D eigenvalue weighted by Gasteiger charge is -2.16. The molecule has 132 valence electrons. The lowest BCUT2D eigenvalue weighted by atomic mass is 10.1. The fraction of sp³-hybridized carbons (Fsp3) is 0.412. The first-order valence-electron chi connectivity index (χ1n) is 7.66. The average Bonchev–Trinajstić information content (AvgIpc) is 2.94. The number of nitrogens with zero attached hydrogens (tertiary/aromatic N) is 3. The van der Waals surface area contributed by atoms with E-state index in [0.717, 1.165) is 24.1 Å². The molecule has 0 aliphatic heterocycles. The van der Waals surface area contributed by atoms with Crippen LogP contribution in [0.1, 0.15) is 21.0 Å². The molecule has 0 saturated heterocycles. The number of aromatic nitrogens is 1. The fourth-order valence-electron chi connectivity index (χ4n) is 2.27. The molecule has 0 saturated carbocycles. The van der Waals surface area contributed by atoms with Gasteiger partial charge in [0.15, 0.2) is 5.96 Å². The van der Waals surface area contributed by atoms with Crippen molar-refractivity contribution in [2.45, 2.75) is 26.6 Å². The summed E-state index contributed by atoms with van der Waals surface area (Å²) in [6.07, 6.45) is 1.90. The highest BCUT2D eigenvalue weighted by Crippen LogP contribution is 2.11. The number of halogens is 1. The summed E-state index contributed by atoms with van der Waals surface area (Å²) in [5.74, 6) is 0.789. The maximum absolute atomic E-state index is 4.35. The number of hydrogen-bond donors (Lipinski definition) is 2. The number of hydrogen-bond acceptors (Lipinski definition) is 4. The van der Waals surface area contributed by atoms with E-state index in [1.54, 1.807) is 18.4 Å². The van der Waals surface area contributed by atoms with E-state index < -0.39 is 0 Å². The van der Waals surface area contributed by atoms with Gasteiger partial charge in [-0.1, -0.05) is 24.3 Å². The van der Waals surface area contributed by atoms with Crippen LogP contribution in [0.3, 0.4) is 0 Å². The predicted molar refractivity (Wildman–Crippen MR) is 113 cm³/mol. The summed E-state index contributed by atoms with van der Waals surface area (Å²) in [4.78, 5) is 12.0. The molecule has 0 atom stereocenters. The van der Waals surface area contributed by atoms with E-state index in [0.29, 0.717) is 6.54 Å². The number of aliphatic imine (C=N–C) groups is 1. The number of rotatable bonds is 6. The second kappa shape index (κ2) is 10.6. The first-order chi connectivity index (χ1) is 11.1. The highest BCUT2D eigenvalue weighted by atomic mass is 127. The topological polar surface area (TPSA) is 52.6 Å². The summed E-state index contributed by atoms with van der Waals surface area (Å²) in [6, 6.07) is 8.49. The van der Waals surface area contributed by atoms with E-state index in [-0.39, 0.29) is 24.0 Å². The van der Waals surface area contributed by atoms with Crippen LogP contribution in [-0.2, 0) is 19.6 Å². The minimum absolute atomic E-state index is 0. The van der Waals surface area contributed by atoms with Crippen LogP contribution < -0.4 is 10.6 Å². The minimum atomic E-state index is 0. The van der Waals surface area contributed by atoms with E-state index >= 15 is 0 Å². The van der Waals surface area contributed by atoms with Gasteiger partial charge in [-0.3, -0.25) is 4.99 Å². The quantitative estimate of drug-likeness (QED) is 0.396. The van der Waals surface area contributed by atoms with Crippen LogP contribution in [0.5, 0.6) is 0 Å². The summed E-state index contributed by atoms with van der Waals surface area (Å²) >= 11 is 1.70. The van der Waals surface area contributed by atoms with Gasteiger partial charge in [-0.15, -0.1) is 35.3 Å². The third-order valence-electron chi connectivity index (χ3n) is 3.35. The predicted octanol–water partition coefficient (Wildman–Crippen LogP) is 3.00.